The molecule has 0 amide bonds. The summed E-state index contributed by atoms with van der Waals surface area (Å²) in [6.45, 7) is 5.35. The maximum Gasteiger partial charge on any atom is 0.0417 e. The monoisotopic (exact) mass is 305 g/mol. The zero-order chi connectivity index (χ0) is 14.4. The Bertz CT molecular complexity index is 556. The Kier molecular flexibility index (Phi) is 5.96. The van der Waals surface area contributed by atoms with Crippen molar-refractivity contribution >= 4 is 23.4 Å². The van der Waals surface area contributed by atoms with Gasteiger partial charge >= 0.3 is 0 Å². The Morgan fingerprint density at radius 1 is 1.10 bits per heavy atom. The number of hydrogen-bond donors (Lipinski definition) is 1. The van der Waals surface area contributed by atoms with Crippen LogP contribution < -0.4 is 5.32 Å². The Labute approximate surface area is 130 Å². The first-order chi connectivity index (χ1) is 9.74. The maximum atomic E-state index is 6.06. The summed E-state index contributed by atoms with van der Waals surface area (Å²) in [7, 11) is 0. The molecule has 1 N–H and O–H groups in total. The summed E-state index contributed by atoms with van der Waals surface area (Å²) in [5.41, 5.74) is 1.36. The van der Waals surface area contributed by atoms with Gasteiger partial charge in [0.1, 0.15) is 0 Å². The number of benzene rings is 2. The molecule has 0 aromatic heterocycles. The van der Waals surface area contributed by atoms with Gasteiger partial charge in [-0.15, -0.1) is 0 Å². The van der Waals surface area contributed by atoms with Crippen LogP contribution in [-0.4, -0.2) is 6.54 Å². The molecule has 0 aliphatic carbocycles. The summed E-state index contributed by atoms with van der Waals surface area (Å²) in [5.74, 6) is 0. The molecule has 0 saturated heterocycles. The highest BCUT2D eigenvalue weighted by atomic mass is 35.5. The van der Waals surface area contributed by atoms with Crippen LogP contribution in [0.3, 0.4) is 0 Å². The zero-order valence-corrected chi connectivity index (χ0v) is 13.5. The van der Waals surface area contributed by atoms with E-state index in [4.69, 9.17) is 11.6 Å². The van der Waals surface area contributed by atoms with Crippen LogP contribution in [0.4, 0.5) is 0 Å². The highest BCUT2D eigenvalue weighted by Gasteiger charge is 2.12. The maximum absolute atomic E-state index is 6.06. The number of hydrogen-bond acceptors (Lipinski definition) is 2. The van der Waals surface area contributed by atoms with E-state index in [9.17, 15) is 0 Å². The van der Waals surface area contributed by atoms with Gasteiger partial charge in [0.15, 0.2) is 0 Å². The van der Waals surface area contributed by atoms with E-state index in [1.165, 1.54) is 15.4 Å². The lowest BCUT2D eigenvalue weighted by atomic mass is 10.0. The van der Waals surface area contributed by atoms with Crippen LogP contribution in [-0.2, 0) is 0 Å². The third-order valence-electron chi connectivity index (χ3n) is 3.18. The molecule has 2 rings (SSSR count). The van der Waals surface area contributed by atoms with Gasteiger partial charge in [-0.3, -0.25) is 0 Å². The van der Waals surface area contributed by atoms with Gasteiger partial charge < -0.3 is 5.32 Å². The molecule has 0 fully saturated rings. The third kappa shape index (κ3) is 4.02. The van der Waals surface area contributed by atoms with Crippen molar-refractivity contribution in [1.29, 1.82) is 0 Å². The highest BCUT2D eigenvalue weighted by molar-refractivity contribution is 7.99. The van der Waals surface area contributed by atoms with Crippen molar-refractivity contribution in [2.75, 3.05) is 6.54 Å². The molecule has 0 spiro atoms. The summed E-state index contributed by atoms with van der Waals surface area (Å²) < 4.78 is 0. The minimum Gasteiger partial charge on any atom is -0.310 e. The number of rotatable bonds is 6. The van der Waals surface area contributed by atoms with Gasteiger partial charge in [0, 0.05) is 20.9 Å². The fraction of sp³-hybridized carbons (Fsp3) is 0.294. The average Bonchev–Trinajstić information content (AvgIpc) is 2.46. The molecule has 0 heterocycles. The van der Waals surface area contributed by atoms with Crippen molar-refractivity contribution < 1.29 is 0 Å². The summed E-state index contributed by atoms with van der Waals surface area (Å²) >= 11 is 7.84. The molecular formula is C17H20ClNS. The lowest BCUT2D eigenvalue weighted by Gasteiger charge is -2.19. The smallest absolute Gasteiger partial charge is 0.0417 e. The van der Waals surface area contributed by atoms with Crippen molar-refractivity contribution in [2.24, 2.45) is 0 Å². The summed E-state index contributed by atoms with van der Waals surface area (Å²) in [4.78, 5) is 2.47. The van der Waals surface area contributed by atoms with E-state index in [1.807, 2.05) is 18.2 Å². The molecule has 1 nitrogen and oxygen atoms in total. The molecular weight excluding hydrogens is 286 g/mol. The van der Waals surface area contributed by atoms with Gasteiger partial charge in [0.05, 0.1) is 0 Å². The summed E-state index contributed by atoms with van der Waals surface area (Å²) in [6, 6.07) is 17.0. The summed E-state index contributed by atoms with van der Waals surface area (Å²) in [6.07, 6.45) is 1.08. The first kappa shape index (κ1) is 15.4. The second kappa shape index (κ2) is 7.72. The molecule has 0 radical (unpaired) electrons. The topological polar surface area (TPSA) is 12.0 Å². The predicted molar refractivity (Wildman–Crippen MR) is 88.7 cm³/mol. The standard InChI is InChI=1S/C17H20ClNS/c1-3-16(19-4-2)15-10-5-6-11-17(15)20-14-9-7-8-13(18)12-14/h5-12,16,19H,3-4H2,1-2H3. The van der Waals surface area contributed by atoms with E-state index in [0.717, 1.165) is 18.0 Å². The van der Waals surface area contributed by atoms with Crippen LogP contribution in [0.5, 0.6) is 0 Å². The quantitative estimate of drug-likeness (QED) is 0.750. The van der Waals surface area contributed by atoms with E-state index in [1.54, 1.807) is 11.8 Å². The molecule has 0 bridgehead atoms. The third-order valence-corrected chi connectivity index (χ3v) is 4.49. The molecule has 0 aliphatic rings. The molecule has 106 valence electrons. The van der Waals surface area contributed by atoms with Gasteiger partial charge in [0.2, 0.25) is 0 Å². The van der Waals surface area contributed by atoms with Gasteiger partial charge in [-0.2, -0.15) is 0 Å². The van der Waals surface area contributed by atoms with Crippen molar-refractivity contribution in [2.45, 2.75) is 36.1 Å². The molecule has 1 atom stereocenters. The van der Waals surface area contributed by atoms with Crippen LogP contribution in [0.1, 0.15) is 31.9 Å². The fourth-order valence-electron chi connectivity index (χ4n) is 2.24. The lowest BCUT2D eigenvalue weighted by Crippen LogP contribution is -2.20. The highest BCUT2D eigenvalue weighted by Crippen LogP contribution is 2.35. The largest absolute Gasteiger partial charge is 0.310 e. The van der Waals surface area contributed by atoms with Crippen LogP contribution >= 0.6 is 23.4 Å². The number of nitrogens with one attached hydrogen (secondary N) is 1. The van der Waals surface area contributed by atoms with Crippen molar-refractivity contribution in [3.05, 3.63) is 59.1 Å². The van der Waals surface area contributed by atoms with Crippen LogP contribution in [0.15, 0.2) is 58.3 Å². The molecule has 0 saturated carbocycles. The minimum absolute atomic E-state index is 0.405. The molecule has 1 unspecified atom stereocenters. The SMILES string of the molecule is CCNC(CC)c1ccccc1Sc1cccc(Cl)c1. The Balaban J connectivity index is 2.27. The minimum atomic E-state index is 0.405. The normalized spacial score (nSPS) is 12.3. The van der Waals surface area contributed by atoms with E-state index < -0.39 is 0 Å². The van der Waals surface area contributed by atoms with Crippen LogP contribution in [0.2, 0.25) is 5.02 Å². The molecule has 0 aliphatic heterocycles. The Hall–Kier alpha value is -0.960. The lowest BCUT2D eigenvalue weighted by molar-refractivity contribution is 0.530. The van der Waals surface area contributed by atoms with Crippen LogP contribution in [0, 0.1) is 0 Å². The van der Waals surface area contributed by atoms with Crippen molar-refractivity contribution in [3.63, 3.8) is 0 Å². The van der Waals surface area contributed by atoms with E-state index in [2.05, 4.69) is 49.5 Å². The van der Waals surface area contributed by atoms with E-state index >= 15 is 0 Å². The Morgan fingerprint density at radius 2 is 1.90 bits per heavy atom. The molecule has 20 heavy (non-hydrogen) atoms. The molecule has 3 heteroatoms. The second-order valence-corrected chi connectivity index (χ2v) is 6.17. The predicted octanol–water partition coefficient (Wildman–Crippen LogP) is 5.55. The first-order valence-electron chi connectivity index (χ1n) is 7.00. The van der Waals surface area contributed by atoms with Gasteiger partial charge in [-0.1, -0.05) is 61.5 Å². The van der Waals surface area contributed by atoms with E-state index in [-0.39, 0.29) is 0 Å². The molecule has 2 aromatic carbocycles. The number of halogens is 1. The van der Waals surface area contributed by atoms with Gasteiger partial charge in [0.25, 0.3) is 0 Å². The van der Waals surface area contributed by atoms with Crippen molar-refractivity contribution in [3.8, 4) is 0 Å². The van der Waals surface area contributed by atoms with E-state index in [0.29, 0.717) is 6.04 Å². The molecule has 2 aromatic rings. The second-order valence-electron chi connectivity index (χ2n) is 4.62. The van der Waals surface area contributed by atoms with Gasteiger partial charge in [-0.25, -0.2) is 0 Å². The van der Waals surface area contributed by atoms with Crippen molar-refractivity contribution in [1.82, 2.24) is 5.32 Å². The fourth-order valence-corrected chi connectivity index (χ4v) is 3.56. The Morgan fingerprint density at radius 3 is 2.60 bits per heavy atom. The van der Waals surface area contributed by atoms with Crippen LogP contribution in [0.25, 0.3) is 0 Å². The average molecular weight is 306 g/mol. The zero-order valence-electron chi connectivity index (χ0n) is 11.9. The van der Waals surface area contributed by atoms with Gasteiger partial charge in [-0.05, 0) is 42.8 Å². The summed E-state index contributed by atoms with van der Waals surface area (Å²) in [5, 5.41) is 4.33. The first-order valence-corrected chi connectivity index (χ1v) is 8.19.